The third kappa shape index (κ3) is 3.56. The zero-order valence-electron chi connectivity index (χ0n) is 17.1. The summed E-state index contributed by atoms with van der Waals surface area (Å²) in [4.78, 5) is 2.27. The van der Waals surface area contributed by atoms with Gasteiger partial charge in [-0.05, 0) is 36.0 Å². The lowest BCUT2D eigenvalue weighted by Gasteiger charge is -2.22. The SMILES string of the molecule is CCc1nnc2ccc(N3CC4CN(S(=O)(=O)CCc5ccccc5)CC4C3)nn12. The van der Waals surface area contributed by atoms with Gasteiger partial charge < -0.3 is 4.90 Å². The summed E-state index contributed by atoms with van der Waals surface area (Å²) in [6, 6.07) is 13.7. The molecule has 0 radical (unpaired) electrons. The number of anilines is 1. The van der Waals surface area contributed by atoms with E-state index in [2.05, 4.69) is 15.1 Å². The molecule has 2 unspecified atom stereocenters. The lowest BCUT2D eigenvalue weighted by atomic mass is 10.0. The van der Waals surface area contributed by atoms with E-state index in [-0.39, 0.29) is 5.75 Å². The van der Waals surface area contributed by atoms with Crippen LogP contribution >= 0.6 is 0 Å². The van der Waals surface area contributed by atoms with Crippen molar-refractivity contribution in [1.82, 2.24) is 24.1 Å². The van der Waals surface area contributed by atoms with Gasteiger partial charge in [0.1, 0.15) is 5.82 Å². The lowest BCUT2D eigenvalue weighted by molar-refractivity contribution is 0.452. The molecule has 5 rings (SSSR count). The van der Waals surface area contributed by atoms with Crippen molar-refractivity contribution in [3.63, 3.8) is 0 Å². The highest BCUT2D eigenvalue weighted by Gasteiger charge is 2.44. The summed E-state index contributed by atoms with van der Waals surface area (Å²) in [5.41, 5.74) is 1.82. The molecule has 30 heavy (non-hydrogen) atoms. The van der Waals surface area contributed by atoms with Crippen molar-refractivity contribution in [3.8, 4) is 0 Å². The summed E-state index contributed by atoms with van der Waals surface area (Å²) < 4.78 is 29.2. The summed E-state index contributed by atoms with van der Waals surface area (Å²) in [5, 5.41) is 13.1. The smallest absolute Gasteiger partial charge is 0.214 e. The lowest BCUT2D eigenvalue weighted by Crippen LogP contribution is -2.35. The van der Waals surface area contributed by atoms with E-state index in [4.69, 9.17) is 5.10 Å². The molecule has 0 saturated carbocycles. The Morgan fingerprint density at radius 2 is 1.70 bits per heavy atom. The van der Waals surface area contributed by atoms with Gasteiger partial charge in [-0.15, -0.1) is 15.3 Å². The largest absolute Gasteiger partial charge is 0.355 e. The van der Waals surface area contributed by atoms with Gasteiger partial charge in [0.05, 0.1) is 5.75 Å². The quantitative estimate of drug-likeness (QED) is 0.596. The highest BCUT2D eigenvalue weighted by molar-refractivity contribution is 7.89. The van der Waals surface area contributed by atoms with E-state index in [1.807, 2.05) is 53.9 Å². The number of benzene rings is 1. The standard InChI is InChI=1S/C21H26N6O2S/c1-2-19-22-23-20-8-9-21(24-27(19)20)25-12-17-14-26(15-18(17)13-25)30(28,29)11-10-16-6-4-3-5-7-16/h3-9,17-18H,2,10-15H2,1H3. The maximum absolute atomic E-state index is 12.9. The summed E-state index contributed by atoms with van der Waals surface area (Å²) in [6.45, 7) is 4.91. The fraction of sp³-hybridized carbons (Fsp3) is 0.476. The van der Waals surface area contributed by atoms with Gasteiger partial charge in [0, 0.05) is 32.6 Å². The average molecular weight is 427 g/mol. The van der Waals surface area contributed by atoms with Crippen LogP contribution in [0.2, 0.25) is 0 Å². The Hall–Kier alpha value is -2.52. The Balaban J connectivity index is 1.24. The summed E-state index contributed by atoms with van der Waals surface area (Å²) in [6.07, 6.45) is 1.34. The van der Waals surface area contributed by atoms with E-state index >= 15 is 0 Å². The number of aryl methyl sites for hydroxylation is 2. The van der Waals surface area contributed by atoms with E-state index in [1.54, 1.807) is 4.31 Å². The average Bonchev–Trinajstić information content (AvgIpc) is 3.45. The van der Waals surface area contributed by atoms with E-state index in [9.17, 15) is 8.42 Å². The summed E-state index contributed by atoms with van der Waals surface area (Å²) in [5.74, 6) is 2.62. The molecule has 0 N–H and O–H groups in total. The van der Waals surface area contributed by atoms with Gasteiger partial charge in [0.15, 0.2) is 11.5 Å². The first kappa shape index (κ1) is 19.4. The highest BCUT2D eigenvalue weighted by Crippen LogP contribution is 2.34. The van der Waals surface area contributed by atoms with Crippen molar-refractivity contribution in [2.45, 2.75) is 19.8 Å². The van der Waals surface area contributed by atoms with Crippen LogP contribution in [0.3, 0.4) is 0 Å². The van der Waals surface area contributed by atoms with Gasteiger partial charge in [0.2, 0.25) is 10.0 Å². The predicted molar refractivity (Wildman–Crippen MR) is 115 cm³/mol. The van der Waals surface area contributed by atoms with Gasteiger partial charge in [-0.2, -0.15) is 4.52 Å². The second-order valence-corrected chi connectivity index (χ2v) is 10.3. The second kappa shape index (κ2) is 7.63. The first-order chi connectivity index (χ1) is 14.5. The molecule has 8 nitrogen and oxygen atoms in total. The molecule has 0 spiro atoms. The van der Waals surface area contributed by atoms with Crippen LogP contribution in [0.1, 0.15) is 18.3 Å². The molecule has 2 atom stereocenters. The van der Waals surface area contributed by atoms with E-state index in [0.717, 1.165) is 42.4 Å². The minimum absolute atomic E-state index is 0.172. The van der Waals surface area contributed by atoms with Crippen LogP contribution in [0.15, 0.2) is 42.5 Å². The molecule has 2 aliphatic heterocycles. The fourth-order valence-electron chi connectivity index (χ4n) is 4.60. The number of hydrogen-bond donors (Lipinski definition) is 0. The Morgan fingerprint density at radius 1 is 0.967 bits per heavy atom. The molecular formula is C21H26N6O2S. The van der Waals surface area contributed by atoms with E-state index in [1.165, 1.54) is 0 Å². The Kier molecular flexibility index (Phi) is 4.94. The van der Waals surface area contributed by atoms with Crippen LogP contribution in [0, 0.1) is 11.8 Å². The highest BCUT2D eigenvalue weighted by atomic mass is 32.2. The molecule has 2 aromatic heterocycles. The maximum atomic E-state index is 12.9. The number of aromatic nitrogens is 4. The molecule has 0 bridgehead atoms. The maximum Gasteiger partial charge on any atom is 0.214 e. The van der Waals surface area contributed by atoms with Crippen molar-refractivity contribution in [1.29, 1.82) is 0 Å². The monoisotopic (exact) mass is 426 g/mol. The Bertz CT molecular complexity index is 1130. The van der Waals surface area contributed by atoms with E-state index in [0.29, 0.717) is 31.3 Å². The Labute approximate surface area is 176 Å². The molecule has 2 aliphatic rings. The van der Waals surface area contributed by atoms with Gasteiger partial charge >= 0.3 is 0 Å². The van der Waals surface area contributed by atoms with Gasteiger partial charge in [-0.1, -0.05) is 37.3 Å². The van der Waals surface area contributed by atoms with Crippen LogP contribution < -0.4 is 4.90 Å². The van der Waals surface area contributed by atoms with Crippen LogP contribution in [0.25, 0.3) is 5.65 Å². The number of hydrogen-bond acceptors (Lipinski definition) is 6. The van der Waals surface area contributed by atoms with Crippen molar-refractivity contribution in [3.05, 3.63) is 53.9 Å². The van der Waals surface area contributed by atoms with Gasteiger partial charge in [-0.3, -0.25) is 0 Å². The first-order valence-corrected chi connectivity index (χ1v) is 12.1. The third-order valence-electron chi connectivity index (χ3n) is 6.29. The minimum atomic E-state index is -3.23. The molecule has 3 aromatic rings. The van der Waals surface area contributed by atoms with Crippen LogP contribution in [0.5, 0.6) is 0 Å². The first-order valence-electron chi connectivity index (χ1n) is 10.5. The molecule has 2 saturated heterocycles. The van der Waals surface area contributed by atoms with Crippen molar-refractivity contribution in [2.75, 3.05) is 36.8 Å². The molecule has 4 heterocycles. The van der Waals surface area contributed by atoms with Crippen molar-refractivity contribution in [2.24, 2.45) is 11.8 Å². The predicted octanol–water partition coefficient (Wildman–Crippen LogP) is 1.63. The third-order valence-corrected chi connectivity index (χ3v) is 8.10. The number of sulfonamides is 1. The van der Waals surface area contributed by atoms with Crippen molar-refractivity contribution >= 4 is 21.5 Å². The molecule has 9 heteroatoms. The van der Waals surface area contributed by atoms with Crippen LogP contribution in [-0.2, 0) is 22.9 Å². The number of rotatable bonds is 6. The van der Waals surface area contributed by atoms with Crippen molar-refractivity contribution < 1.29 is 8.42 Å². The molecule has 0 aliphatic carbocycles. The second-order valence-electron chi connectivity index (χ2n) is 8.23. The van der Waals surface area contributed by atoms with Gasteiger partial charge in [0.25, 0.3) is 0 Å². The van der Waals surface area contributed by atoms with Crippen LogP contribution in [-0.4, -0.2) is 64.5 Å². The molecule has 1 aromatic carbocycles. The topological polar surface area (TPSA) is 83.7 Å². The summed E-state index contributed by atoms with van der Waals surface area (Å²) >= 11 is 0. The molecule has 0 amide bonds. The Morgan fingerprint density at radius 3 is 2.40 bits per heavy atom. The minimum Gasteiger partial charge on any atom is -0.355 e. The zero-order valence-corrected chi connectivity index (χ0v) is 17.9. The van der Waals surface area contributed by atoms with Gasteiger partial charge in [-0.25, -0.2) is 12.7 Å². The molecule has 2 fully saturated rings. The van der Waals surface area contributed by atoms with E-state index < -0.39 is 10.0 Å². The normalized spacial score (nSPS) is 22.1. The van der Waals surface area contributed by atoms with Crippen LogP contribution in [0.4, 0.5) is 5.82 Å². The zero-order chi connectivity index (χ0) is 20.7. The molecular weight excluding hydrogens is 400 g/mol. The summed E-state index contributed by atoms with van der Waals surface area (Å²) in [7, 11) is -3.23. The fourth-order valence-corrected chi connectivity index (χ4v) is 6.19. The number of nitrogens with zero attached hydrogens (tertiary/aromatic N) is 6. The number of fused-ring (bicyclic) bond motifs is 2. The molecule has 158 valence electrons.